The van der Waals surface area contributed by atoms with Gasteiger partial charge in [-0.05, 0) is 35.9 Å². The number of aromatic nitrogens is 1. The average Bonchev–Trinajstić information content (AvgIpc) is 3.10. The third-order valence-electron chi connectivity index (χ3n) is 4.25. The topological polar surface area (TPSA) is 80.4 Å². The minimum Gasteiger partial charge on any atom is -0.497 e. The highest BCUT2D eigenvalue weighted by Gasteiger charge is 2.21. The fraction of sp³-hybridized carbons (Fsp3) is 0.200. The Hall–Kier alpha value is -2.99. The molecule has 3 rings (SSSR count). The van der Waals surface area contributed by atoms with E-state index in [1.807, 2.05) is 6.07 Å². The molecule has 0 saturated heterocycles. The number of carbonyl (C=O) groups is 2. The van der Waals surface area contributed by atoms with E-state index in [1.54, 1.807) is 49.6 Å². The van der Waals surface area contributed by atoms with Crippen molar-refractivity contribution in [3.8, 4) is 5.75 Å². The van der Waals surface area contributed by atoms with Crippen LogP contribution in [0.1, 0.15) is 28.5 Å². The number of hydrogen-bond donors (Lipinski definition) is 2. The number of rotatable bonds is 6. The van der Waals surface area contributed by atoms with E-state index >= 15 is 0 Å². The van der Waals surface area contributed by atoms with E-state index in [2.05, 4.69) is 10.3 Å². The van der Waals surface area contributed by atoms with Crippen molar-refractivity contribution >= 4 is 34.4 Å². The molecule has 0 fully saturated rings. The molecule has 0 saturated carbocycles. The Morgan fingerprint density at radius 1 is 1.11 bits per heavy atom. The van der Waals surface area contributed by atoms with Gasteiger partial charge in [0.25, 0.3) is 5.91 Å². The second-order valence-corrected chi connectivity index (χ2v) is 6.43. The zero-order valence-corrected chi connectivity index (χ0v) is 15.7. The number of fused-ring (bicyclic) bond motifs is 1. The number of H-pyrrole nitrogens is 1. The fourth-order valence-corrected chi connectivity index (χ4v) is 2.97. The SMILES string of the molecule is COC(=O)CC(NC(=O)c1cc2ccc(Cl)cc2[nH]1)c1ccc(OC)cc1. The van der Waals surface area contributed by atoms with Gasteiger partial charge in [-0.2, -0.15) is 0 Å². The Kier molecular flexibility index (Phi) is 5.66. The first kappa shape index (κ1) is 18.8. The molecule has 7 heteroatoms. The van der Waals surface area contributed by atoms with E-state index in [9.17, 15) is 9.59 Å². The van der Waals surface area contributed by atoms with Gasteiger partial charge < -0.3 is 19.8 Å². The molecule has 2 aromatic carbocycles. The van der Waals surface area contributed by atoms with Gasteiger partial charge >= 0.3 is 5.97 Å². The first-order valence-electron chi connectivity index (χ1n) is 8.30. The molecule has 27 heavy (non-hydrogen) atoms. The molecular weight excluding hydrogens is 368 g/mol. The minimum absolute atomic E-state index is 0.0145. The number of aromatic amines is 1. The summed E-state index contributed by atoms with van der Waals surface area (Å²) in [7, 11) is 2.89. The van der Waals surface area contributed by atoms with Gasteiger partial charge in [0, 0.05) is 15.9 Å². The van der Waals surface area contributed by atoms with Gasteiger partial charge in [0.05, 0.1) is 26.7 Å². The average molecular weight is 387 g/mol. The highest BCUT2D eigenvalue weighted by Crippen LogP contribution is 2.23. The van der Waals surface area contributed by atoms with E-state index in [1.165, 1.54) is 7.11 Å². The van der Waals surface area contributed by atoms with Gasteiger partial charge in [-0.3, -0.25) is 9.59 Å². The molecule has 3 aromatic rings. The lowest BCUT2D eigenvalue weighted by molar-refractivity contribution is -0.141. The summed E-state index contributed by atoms with van der Waals surface area (Å²) < 4.78 is 9.91. The van der Waals surface area contributed by atoms with Crippen molar-refractivity contribution in [1.82, 2.24) is 10.3 Å². The molecule has 1 heterocycles. The molecule has 0 aliphatic heterocycles. The molecule has 6 nitrogen and oxygen atoms in total. The monoisotopic (exact) mass is 386 g/mol. The molecule has 1 amide bonds. The van der Waals surface area contributed by atoms with Crippen molar-refractivity contribution in [2.45, 2.75) is 12.5 Å². The van der Waals surface area contributed by atoms with E-state index in [0.717, 1.165) is 16.5 Å². The maximum Gasteiger partial charge on any atom is 0.307 e. The molecule has 0 aliphatic carbocycles. The largest absolute Gasteiger partial charge is 0.497 e. The third-order valence-corrected chi connectivity index (χ3v) is 4.49. The molecule has 2 N–H and O–H groups in total. The molecule has 1 aromatic heterocycles. The zero-order chi connectivity index (χ0) is 19.4. The number of esters is 1. The van der Waals surface area contributed by atoms with Crippen LogP contribution in [0.5, 0.6) is 5.75 Å². The third kappa shape index (κ3) is 4.41. The molecule has 1 unspecified atom stereocenters. The van der Waals surface area contributed by atoms with Gasteiger partial charge in [0.15, 0.2) is 0 Å². The van der Waals surface area contributed by atoms with Gasteiger partial charge in [0.1, 0.15) is 11.4 Å². The Balaban J connectivity index is 1.84. The number of methoxy groups -OCH3 is 2. The summed E-state index contributed by atoms with van der Waals surface area (Å²) in [6.07, 6.45) is 0.0145. The summed E-state index contributed by atoms with van der Waals surface area (Å²) in [6, 6.07) is 13.7. The predicted molar refractivity (Wildman–Crippen MR) is 103 cm³/mol. The number of hydrogen-bond acceptors (Lipinski definition) is 4. The number of ether oxygens (including phenoxy) is 2. The van der Waals surface area contributed by atoms with Crippen LogP contribution >= 0.6 is 11.6 Å². The normalized spacial score (nSPS) is 11.8. The van der Waals surface area contributed by atoms with Crippen LogP contribution in [0.3, 0.4) is 0 Å². The minimum atomic E-state index is -0.536. The molecule has 0 spiro atoms. The predicted octanol–water partition coefficient (Wildman–Crippen LogP) is 3.86. The van der Waals surface area contributed by atoms with Crippen molar-refractivity contribution in [3.63, 3.8) is 0 Å². The number of halogens is 1. The summed E-state index contributed by atoms with van der Waals surface area (Å²) in [5.41, 5.74) is 1.92. The van der Waals surface area contributed by atoms with Crippen LogP contribution < -0.4 is 10.1 Å². The lowest BCUT2D eigenvalue weighted by Gasteiger charge is -2.18. The number of carbonyl (C=O) groups excluding carboxylic acids is 2. The van der Waals surface area contributed by atoms with E-state index < -0.39 is 12.0 Å². The van der Waals surface area contributed by atoms with Crippen LogP contribution in [0, 0.1) is 0 Å². The van der Waals surface area contributed by atoms with Crippen molar-refractivity contribution in [3.05, 3.63) is 64.8 Å². The van der Waals surface area contributed by atoms with Crippen LogP contribution in [-0.2, 0) is 9.53 Å². The quantitative estimate of drug-likeness (QED) is 0.630. The maximum atomic E-state index is 12.7. The summed E-state index contributed by atoms with van der Waals surface area (Å²) in [4.78, 5) is 27.6. The first-order valence-corrected chi connectivity index (χ1v) is 8.68. The number of nitrogens with one attached hydrogen (secondary N) is 2. The summed E-state index contributed by atoms with van der Waals surface area (Å²) >= 11 is 5.99. The van der Waals surface area contributed by atoms with Crippen LogP contribution in [0.4, 0.5) is 0 Å². The maximum absolute atomic E-state index is 12.7. The highest BCUT2D eigenvalue weighted by atomic mass is 35.5. The Morgan fingerprint density at radius 3 is 2.52 bits per heavy atom. The Bertz CT molecular complexity index is 966. The van der Waals surface area contributed by atoms with Crippen molar-refractivity contribution in [2.75, 3.05) is 14.2 Å². The fourth-order valence-electron chi connectivity index (χ4n) is 2.80. The lowest BCUT2D eigenvalue weighted by atomic mass is 10.0. The number of amides is 1. The van der Waals surface area contributed by atoms with Crippen LogP contribution in [0.15, 0.2) is 48.5 Å². The van der Waals surface area contributed by atoms with Gasteiger partial charge in [-0.25, -0.2) is 0 Å². The van der Waals surface area contributed by atoms with Gasteiger partial charge in [0.2, 0.25) is 0 Å². The smallest absolute Gasteiger partial charge is 0.307 e. The van der Waals surface area contributed by atoms with E-state index in [-0.39, 0.29) is 12.3 Å². The van der Waals surface area contributed by atoms with Crippen LogP contribution in [0.25, 0.3) is 10.9 Å². The summed E-state index contributed by atoms with van der Waals surface area (Å²) in [5, 5.41) is 4.34. The summed E-state index contributed by atoms with van der Waals surface area (Å²) in [6.45, 7) is 0. The van der Waals surface area contributed by atoms with Crippen molar-refractivity contribution in [2.24, 2.45) is 0 Å². The van der Waals surface area contributed by atoms with Crippen molar-refractivity contribution < 1.29 is 19.1 Å². The van der Waals surface area contributed by atoms with Crippen molar-refractivity contribution in [1.29, 1.82) is 0 Å². The van der Waals surface area contributed by atoms with E-state index in [0.29, 0.717) is 16.5 Å². The van der Waals surface area contributed by atoms with Gasteiger partial charge in [-0.1, -0.05) is 29.8 Å². The molecule has 140 valence electrons. The van der Waals surface area contributed by atoms with E-state index in [4.69, 9.17) is 21.1 Å². The lowest BCUT2D eigenvalue weighted by Crippen LogP contribution is -2.30. The highest BCUT2D eigenvalue weighted by molar-refractivity contribution is 6.31. The van der Waals surface area contributed by atoms with Crippen LogP contribution in [0.2, 0.25) is 5.02 Å². The number of benzene rings is 2. The standard InChI is InChI=1S/C20H19ClN2O4/c1-26-15-7-4-12(5-8-15)17(11-19(24)27-2)23-20(25)18-9-13-3-6-14(21)10-16(13)22-18/h3-10,17,22H,11H2,1-2H3,(H,23,25). The molecule has 0 aliphatic rings. The molecule has 0 bridgehead atoms. The second-order valence-electron chi connectivity index (χ2n) is 5.99. The van der Waals surface area contributed by atoms with Crippen LogP contribution in [-0.4, -0.2) is 31.1 Å². The molecular formula is C20H19ClN2O4. The second kappa shape index (κ2) is 8.14. The molecule has 1 atom stereocenters. The first-order chi connectivity index (χ1) is 13.0. The molecule has 0 radical (unpaired) electrons. The zero-order valence-electron chi connectivity index (χ0n) is 14.9. The Labute approximate surface area is 161 Å². The Morgan fingerprint density at radius 2 is 1.85 bits per heavy atom. The summed E-state index contributed by atoms with van der Waals surface area (Å²) in [5.74, 6) is -0.0546. The van der Waals surface area contributed by atoms with Gasteiger partial charge in [-0.15, -0.1) is 0 Å².